The number of amides is 2. The molecule has 0 saturated carbocycles. The van der Waals surface area contributed by atoms with Crippen molar-refractivity contribution >= 4 is 22.7 Å². The molecule has 2 aromatic carbocycles. The molecule has 0 bridgehead atoms. The molecule has 2 amide bonds. The van der Waals surface area contributed by atoms with Crippen molar-refractivity contribution in [1.82, 2.24) is 15.8 Å². The zero-order chi connectivity index (χ0) is 17.9. The fraction of sp³-hybridized carbons (Fsp3) is 0.238. The van der Waals surface area contributed by atoms with Crippen molar-refractivity contribution in [2.24, 2.45) is 0 Å². The first kappa shape index (κ1) is 16.4. The summed E-state index contributed by atoms with van der Waals surface area (Å²) in [5, 5.41) is 1.02. The van der Waals surface area contributed by atoms with Crippen LogP contribution in [0.2, 0.25) is 0 Å². The van der Waals surface area contributed by atoms with E-state index in [-0.39, 0.29) is 18.2 Å². The van der Waals surface area contributed by atoms with E-state index in [1.807, 2.05) is 48.7 Å². The van der Waals surface area contributed by atoms with Gasteiger partial charge in [-0.1, -0.05) is 24.3 Å². The number of fused-ring (bicyclic) bond motifs is 2. The van der Waals surface area contributed by atoms with Crippen LogP contribution in [-0.4, -0.2) is 16.8 Å². The van der Waals surface area contributed by atoms with Crippen molar-refractivity contribution in [2.75, 3.05) is 0 Å². The minimum absolute atomic E-state index is 0.203. The predicted octanol–water partition coefficient (Wildman–Crippen LogP) is 3.05. The number of hydrogen-bond donors (Lipinski definition) is 3. The molecule has 0 aliphatic heterocycles. The van der Waals surface area contributed by atoms with Crippen LogP contribution < -0.4 is 10.9 Å². The normalized spacial score (nSPS) is 13.2. The van der Waals surface area contributed by atoms with Gasteiger partial charge in [-0.15, -0.1) is 0 Å². The fourth-order valence-corrected chi connectivity index (χ4v) is 3.57. The lowest BCUT2D eigenvalue weighted by molar-refractivity contribution is -0.121. The Kier molecular flexibility index (Phi) is 4.44. The van der Waals surface area contributed by atoms with Gasteiger partial charge in [0.1, 0.15) is 0 Å². The van der Waals surface area contributed by atoms with Gasteiger partial charge < -0.3 is 4.98 Å². The molecule has 1 aliphatic rings. The number of aromatic amines is 1. The summed E-state index contributed by atoms with van der Waals surface area (Å²) >= 11 is 0. The largest absolute Gasteiger partial charge is 0.361 e. The summed E-state index contributed by atoms with van der Waals surface area (Å²) in [5.41, 5.74) is 10.1. The lowest BCUT2D eigenvalue weighted by Crippen LogP contribution is -2.42. The smallest absolute Gasteiger partial charge is 0.269 e. The molecule has 0 radical (unpaired) electrons. The van der Waals surface area contributed by atoms with Gasteiger partial charge in [0.25, 0.3) is 5.91 Å². The standard InChI is InChI=1S/C21H21N3O2/c25-20(12-17-13-22-19-8-4-3-7-18(17)19)23-24-21(26)16-10-9-14-5-1-2-6-15(14)11-16/h3-4,7-11,13,22H,1-2,5-6,12H2,(H,23,25)(H,24,26). The maximum absolute atomic E-state index is 12.3. The Morgan fingerprint density at radius 2 is 1.77 bits per heavy atom. The van der Waals surface area contributed by atoms with Gasteiger partial charge in [-0.3, -0.25) is 20.4 Å². The summed E-state index contributed by atoms with van der Waals surface area (Å²) in [6.07, 6.45) is 6.51. The highest BCUT2D eigenvalue weighted by molar-refractivity contribution is 5.96. The predicted molar refractivity (Wildman–Crippen MR) is 101 cm³/mol. The number of aryl methyl sites for hydroxylation is 2. The van der Waals surface area contributed by atoms with E-state index in [0.717, 1.165) is 29.3 Å². The molecule has 0 saturated heterocycles. The monoisotopic (exact) mass is 347 g/mol. The summed E-state index contributed by atoms with van der Waals surface area (Å²) in [7, 11) is 0. The topological polar surface area (TPSA) is 74.0 Å². The van der Waals surface area contributed by atoms with E-state index in [1.54, 1.807) is 0 Å². The van der Waals surface area contributed by atoms with Crippen LogP contribution in [0.15, 0.2) is 48.7 Å². The minimum atomic E-state index is -0.286. The Hall–Kier alpha value is -3.08. The van der Waals surface area contributed by atoms with E-state index in [9.17, 15) is 9.59 Å². The van der Waals surface area contributed by atoms with Gasteiger partial charge in [-0.2, -0.15) is 0 Å². The third-order valence-electron chi connectivity index (χ3n) is 4.95. The summed E-state index contributed by atoms with van der Waals surface area (Å²) in [5.74, 6) is -0.535. The molecule has 0 unspecified atom stereocenters. The first-order valence-corrected chi connectivity index (χ1v) is 8.97. The fourth-order valence-electron chi connectivity index (χ4n) is 3.57. The molecular formula is C21H21N3O2. The van der Waals surface area contributed by atoms with Crippen LogP contribution >= 0.6 is 0 Å². The van der Waals surface area contributed by atoms with E-state index >= 15 is 0 Å². The average molecular weight is 347 g/mol. The van der Waals surface area contributed by atoms with Crippen LogP contribution in [0.1, 0.15) is 39.9 Å². The van der Waals surface area contributed by atoms with Gasteiger partial charge in [0.05, 0.1) is 6.42 Å². The zero-order valence-corrected chi connectivity index (χ0v) is 14.5. The first-order chi connectivity index (χ1) is 12.7. The molecule has 26 heavy (non-hydrogen) atoms. The Balaban J connectivity index is 1.37. The number of rotatable bonds is 3. The van der Waals surface area contributed by atoms with Crippen molar-refractivity contribution in [1.29, 1.82) is 0 Å². The molecule has 0 spiro atoms. The van der Waals surface area contributed by atoms with Crippen LogP contribution in [0.4, 0.5) is 0 Å². The second-order valence-electron chi connectivity index (χ2n) is 6.73. The van der Waals surface area contributed by atoms with E-state index in [4.69, 9.17) is 0 Å². The highest BCUT2D eigenvalue weighted by atomic mass is 16.2. The third kappa shape index (κ3) is 3.33. The lowest BCUT2D eigenvalue weighted by Gasteiger charge is -2.16. The molecule has 4 rings (SSSR count). The Bertz CT molecular complexity index is 974. The number of hydrogen-bond acceptors (Lipinski definition) is 2. The Morgan fingerprint density at radius 1 is 0.962 bits per heavy atom. The van der Waals surface area contributed by atoms with Crippen LogP contribution in [0.3, 0.4) is 0 Å². The Labute approximate surface area is 151 Å². The molecule has 3 N–H and O–H groups in total. The molecule has 0 atom stereocenters. The van der Waals surface area contributed by atoms with Gasteiger partial charge >= 0.3 is 0 Å². The molecule has 5 heteroatoms. The van der Waals surface area contributed by atoms with Gasteiger partial charge in [-0.05, 0) is 60.6 Å². The quantitative estimate of drug-likeness (QED) is 0.637. The van der Waals surface area contributed by atoms with E-state index in [1.165, 1.54) is 24.0 Å². The van der Waals surface area contributed by atoms with Crippen LogP contribution in [0.5, 0.6) is 0 Å². The van der Waals surface area contributed by atoms with Crippen molar-refractivity contribution in [2.45, 2.75) is 32.1 Å². The number of carbonyl (C=O) groups excluding carboxylic acids is 2. The SMILES string of the molecule is O=C(Cc1c[nH]c2ccccc12)NNC(=O)c1ccc2c(c1)CCCC2. The van der Waals surface area contributed by atoms with Gasteiger partial charge in [-0.25, -0.2) is 0 Å². The molecule has 5 nitrogen and oxygen atoms in total. The molecule has 1 heterocycles. The van der Waals surface area contributed by atoms with E-state index in [0.29, 0.717) is 5.56 Å². The maximum atomic E-state index is 12.3. The number of carbonyl (C=O) groups is 2. The molecule has 1 aliphatic carbocycles. The first-order valence-electron chi connectivity index (χ1n) is 8.97. The highest BCUT2D eigenvalue weighted by Gasteiger charge is 2.14. The Morgan fingerprint density at radius 3 is 2.65 bits per heavy atom. The number of para-hydroxylation sites is 1. The number of hydrazine groups is 1. The average Bonchev–Trinajstić information content (AvgIpc) is 3.08. The molecular weight excluding hydrogens is 326 g/mol. The van der Waals surface area contributed by atoms with Crippen molar-refractivity contribution in [3.63, 3.8) is 0 Å². The molecule has 132 valence electrons. The second kappa shape index (κ2) is 7.04. The molecule has 1 aromatic heterocycles. The number of nitrogens with one attached hydrogen (secondary N) is 3. The summed E-state index contributed by atoms with van der Waals surface area (Å²) in [4.78, 5) is 27.6. The van der Waals surface area contributed by atoms with Crippen LogP contribution in [0.25, 0.3) is 10.9 Å². The highest BCUT2D eigenvalue weighted by Crippen LogP contribution is 2.22. The summed E-state index contributed by atoms with van der Waals surface area (Å²) < 4.78 is 0. The van der Waals surface area contributed by atoms with Gasteiger partial charge in [0.2, 0.25) is 5.91 Å². The van der Waals surface area contributed by atoms with Gasteiger partial charge in [0.15, 0.2) is 0 Å². The van der Waals surface area contributed by atoms with Crippen molar-refractivity contribution in [3.05, 3.63) is 70.9 Å². The van der Waals surface area contributed by atoms with E-state index in [2.05, 4.69) is 15.8 Å². The zero-order valence-electron chi connectivity index (χ0n) is 14.5. The van der Waals surface area contributed by atoms with E-state index < -0.39 is 0 Å². The maximum Gasteiger partial charge on any atom is 0.269 e. The van der Waals surface area contributed by atoms with Crippen LogP contribution in [-0.2, 0) is 24.1 Å². The summed E-state index contributed by atoms with van der Waals surface area (Å²) in [6, 6.07) is 13.6. The lowest BCUT2D eigenvalue weighted by atomic mass is 9.90. The number of benzene rings is 2. The van der Waals surface area contributed by atoms with Gasteiger partial charge in [0, 0.05) is 22.7 Å². The van der Waals surface area contributed by atoms with Crippen molar-refractivity contribution < 1.29 is 9.59 Å². The van der Waals surface area contributed by atoms with Crippen molar-refractivity contribution in [3.8, 4) is 0 Å². The number of H-pyrrole nitrogens is 1. The number of aromatic nitrogens is 1. The third-order valence-corrected chi connectivity index (χ3v) is 4.95. The second-order valence-corrected chi connectivity index (χ2v) is 6.73. The molecule has 3 aromatic rings. The van der Waals surface area contributed by atoms with Crippen LogP contribution in [0, 0.1) is 0 Å². The summed E-state index contributed by atoms with van der Waals surface area (Å²) in [6.45, 7) is 0. The molecule has 0 fully saturated rings. The minimum Gasteiger partial charge on any atom is -0.361 e.